The molecule has 152 valence electrons. The lowest BCUT2D eigenvalue weighted by Gasteiger charge is -2.28. The van der Waals surface area contributed by atoms with E-state index in [1.54, 1.807) is 0 Å². The fourth-order valence-electron chi connectivity index (χ4n) is 3.79. The van der Waals surface area contributed by atoms with Gasteiger partial charge in [0, 0.05) is 11.0 Å². The average molecular weight is 408 g/mol. The number of carbonyl (C=O) groups excluding carboxylic acids is 1. The van der Waals surface area contributed by atoms with Gasteiger partial charge in [-0.25, -0.2) is 0 Å². The first kappa shape index (κ1) is 21.4. The van der Waals surface area contributed by atoms with Crippen LogP contribution in [-0.4, -0.2) is 22.5 Å². The predicted octanol–water partition coefficient (Wildman–Crippen LogP) is 6.89. The molecule has 3 aromatic carbocycles. The number of fused-ring (bicyclic) bond motifs is 1. The Balaban J connectivity index is 1.80. The molecule has 0 radical (unpaired) electrons. The Bertz CT molecular complexity index is 966. The fourth-order valence-corrected chi connectivity index (χ4v) is 6.30. The van der Waals surface area contributed by atoms with Gasteiger partial charge < -0.3 is 4.74 Å². The number of carbonyl (C=O) groups is 1. The highest BCUT2D eigenvalue weighted by Crippen LogP contribution is 2.32. The quantitative estimate of drug-likeness (QED) is 0.315. The lowest BCUT2D eigenvalue weighted by Crippen LogP contribution is -2.43. The smallest absolute Gasteiger partial charge is 0.215 e. The Morgan fingerprint density at radius 3 is 2.03 bits per heavy atom. The van der Waals surface area contributed by atoms with E-state index in [4.69, 9.17) is 4.74 Å². The number of rotatable bonds is 7. The van der Waals surface area contributed by atoms with Crippen molar-refractivity contribution in [2.24, 2.45) is 5.41 Å². The van der Waals surface area contributed by atoms with Crippen LogP contribution in [0, 0.1) is 5.41 Å². The molecule has 0 saturated carbocycles. The van der Waals surface area contributed by atoms with E-state index in [1.807, 2.05) is 48.5 Å². The van der Waals surface area contributed by atoms with Gasteiger partial charge in [-0.1, -0.05) is 51.1 Å². The summed E-state index contributed by atoms with van der Waals surface area (Å²) in [6, 6.07) is 21.9. The first-order valence-electron chi connectivity index (χ1n) is 10.3. The van der Waals surface area contributed by atoms with Gasteiger partial charge in [0.15, 0.2) is 5.25 Å². The van der Waals surface area contributed by atoms with Crippen LogP contribution in [0.5, 0.6) is 11.5 Å². The van der Waals surface area contributed by atoms with Gasteiger partial charge in [0.05, 0.1) is 0 Å². The zero-order valence-electron chi connectivity index (χ0n) is 18.1. The molecular formula is C26H31O2S+. The van der Waals surface area contributed by atoms with E-state index in [0.29, 0.717) is 0 Å². The van der Waals surface area contributed by atoms with Crippen molar-refractivity contribution in [1.82, 2.24) is 0 Å². The number of benzene rings is 3. The highest BCUT2D eigenvalue weighted by atomic mass is 32.2. The van der Waals surface area contributed by atoms with E-state index >= 15 is 0 Å². The molecule has 1 unspecified atom stereocenters. The maximum Gasteiger partial charge on any atom is 0.215 e. The topological polar surface area (TPSA) is 26.3 Å². The lowest BCUT2D eigenvalue weighted by molar-refractivity contribution is 0.0949. The molecule has 0 heterocycles. The molecule has 3 aromatic rings. The largest absolute Gasteiger partial charge is 0.457 e. The highest BCUT2D eigenvalue weighted by molar-refractivity contribution is 7.98. The minimum atomic E-state index is -0.0491. The molecule has 29 heavy (non-hydrogen) atoms. The molecule has 0 N–H and O–H groups in total. The number of hydrogen-bond acceptors (Lipinski definition) is 2. The molecule has 2 nitrogen and oxygen atoms in total. The summed E-state index contributed by atoms with van der Waals surface area (Å²) in [6.07, 6.45) is 0. The van der Waals surface area contributed by atoms with Crippen LogP contribution in [0.2, 0.25) is 0 Å². The van der Waals surface area contributed by atoms with Crippen LogP contribution in [0.3, 0.4) is 0 Å². The van der Waals surface area contributed by atoms with Crippen LogP contribution in [0.15, 0.2) is 66.7 Å². The molecule has 0 aromatic heterocycles. The molecule has 0 bridgehead atoms. The molecule has 3 heteroatoms. The van der Waals surface area contributed by atoms with E-state index in [0.717, 1.165) is 34.0 Å². The van der Waals surface area contributed by atoms with E-state index in [9.17, 15) is 4.79 Å². The highest BCUT2D eigenvalue weighted by Gasteiger charge is 2.43. The van der Waals surface area contributed by atoms with Crippen LogP contribution < -0.4 is 4.74 Å². The van der Waals surface area contributed by atoms with Gasteiger partial charge in [-0.2, -0.15) is 0 Å². The number of hydrogen-bond donors (Lipinski definition) is 0. The third-order valence-electron chi connectivity index (χ3n) is 5.20. The van der Waals surface area contributed by atoms with Gasteiger partial charge in [0.25, 0.3) is 0 Å². The van der Waals surface area contributed by atoms with Crippen molar-refractivity contribution in [3.63, 3.8) is 0 Å². The summed E-state index contributed by atoms with van der Waals surface area (Å²) in [4.78, 5) is 13.3. The normalized spacial score (nSPS) is 12.9. The second-order valence-corrected chi connectivity index (χ2v) is 11.1. The zero-order chi connectivity index (χ0) is 21.0. The van der Waals surface area contributed by atoms with Gasteiger partial charge in [0.2, 0.25) is 5.78 Å². The van der Waals surface area contributed by atoms with Crippen LogP contribution >= 0.6 is 0 Å². The average Bonchev–Trinajstić information content (AvgIpc) is 2.71. The van der Waals surface area contributed by atoms with E-state index in [2.05, 4.69) is 52.8 Å². The van der Waals surface area contributed by atoms with Gasteiger partial charge in [-0.3, -0.25) is 4.79 Å². The zero-order valence-corrected chi connectivity index (χ0v) is 18.9. The molecule has 0 fully saturated rings. The van der Waals surface area contributed by atoms with Crippen LogP contribution in [0.4, 0.5) is 0 Å². The molecule has 0 aliphatic rings. The summed E-state index contributed by atoms with van der Waals surface area (Å²) in [7, 11) is 0.0926. The second kappa shape index (κ2) is 9.04. The summed E-state index contributed by atoms with van der Waals surface area (Å²) in [5.41, 5.74) is 0.724. The Labute approximate surface area is 177 Å². The summed E-state index contributed by atoms with van der Waals surface area (Å²) in [6.45, 7) is 10.9. The molecule has 0 saturated heterocycles. The lowest BCUT2D eigenvalue weighted by atomic mass is 9.87. The van der Waals surface area contributed by atoms with Crippen molar-refractivity contribution >= 4 is 27.5 Å². The maximum absolute atomic E-state index is 13.3. The van der Waals surface area contributed by atoms with Crippen molar-refractivity contribution in [3.05, 3.63) is 72.3 Å². The first-order valence-corrected chi connectivity index (χ1v) is 11.9. The molecule has 0 spiro atoms. The first-order chi connectivity index (χ1) is 13.8. The van der Waals surface area contributed by atoms with Crippen LogP contribution in [0.25, 0.3) is 10.8 Å². The maximum atomic E-state index is 13.3. The Morgan fingerprint density at radius 1 is 0.862 bits per heavy atom. The standard InChI is InChI=1S/C26H31O2S/c1-6-29(7-2)25(26(3,4)5)24(27)20-13-15-22(16-14-20)28-23-17-12-19-10-8-9-11-21(19)18-23/h8-18,25H,6-7H2,1-5H3/q+1. The summed E-state index contributed by atoms with van der Waals surface area (Å²) >= 11 is 0. The third-order valence-corrected chi connectivity index (χ3v) is 8.27. The molecule has 1 atom stereocenters. The van der Waals surface area contributed by atoms with E-state index in [1.165, 1.54) is 5.39 Å². The third kappa shape index (κ3) is 5.02. The van der Waals surface area contributed by atoms with Crippen molar-refractivity contribution in [2.45, 2.75) is 39.9 Å². The van der Waals surface area contributed by atoms with Crippen LogP contribution in [-0.2, 0) is 10.9 Å². The number of ether oxygens (including phenoxy) is 1. The Hall–Kier alpha value is -2.26. The Kier molecular flexibility index (Phi) is 6.69. The van der Waals surface area contributed by atoms with E-state index in [-0.39, 0.29) is 27.3 Å². The van der Waals surface area contributed by atoms with Gasteiger partial charge in [-0.15, -0.1) is 0 Å². The minimum Gasteiger partial charge on any atom is -0.457 e. The van der Waals surface area contributed by atoms with Crippen molar-refractivity contribution < 1.29 is 9.53 Å². The molecule has 0 aliphatic heterocycles. The van der Waals surface area contributed by atoms with Gasteiger partial charge in [-0.05, 0) is 71.9 Å². The summed E-state index contributed by atoms with van der Waals surface area (Å²) in [5.74, 6) is 3.89. The molecule has 0 aliphatic carbocycles. The molecule has 0 amide bonds. The van der Waals surface area contributed by atoms with Gasteiger partial charge >= 0.3 is 0 Å². The SMILES string of the molecule is CC[S+](CC)C(C(=O)c1ccc(Oc2ccc3ccccc3c2)cc1)C(C)(C)C. The Morgan fingerprint density at radius 2 is 1.45 bits per heavy atom. The van der Waals surface area contributed by atoms with Gasteiger partial charge in [0.1, 0.15) is 23.0 Å². The van der Waals surface area contributed by atoms with Crippen molar-refractivity contribution in [3.8, 4) is 11.5 Å². The second-order valence-electron chi connectivity index (χ2n) is 8.36. The summed E-state index contributed by atoms with van der Waals surface area (Å²) < 4.78 is 6.03. The fraction of sp³-hybridized carbons (Fsp3) is 0.346. The van der Waals surface area contributed by atoms with Crippen molar-refractivity contribution in [1.29, 1.82) is 0 Å². The number of ketones is 1. The van der Waals surface area contributed by atoms with Crippen molar-refractivity contribution in [2.75, 3.05) is 11.5 Å². The number of Topliss-reactive ketones (excluding diaryl/α,β-unsaturated/α-hetero) is 1. The molecular weight excluding hydrogens is 376 g/mol. The molecule has 3 rings (SSSR count). The monoisotopic (exact) mass is 407 g/mol. The predicted molar refractivity (Wildman–Crippen MR) is 126 cm³/mol. The minimum absolute atomic E-state index is 0.0461. The van der Waals surface area contributed by atoms with E-state index < -0.39 is 0 Å². The van der Waals surface area contributed by atoms with Crippen LogP contribution in [0.1, 0.15) is 45.0 Å². The summed E-state index contributed by atoms with van der Waals surface area (Å²) in [5, 5.41) is 2.39.